The van der Waals surface area contributed by atoms with Gasteiger partial charge < -0.3 is 15.4 Å². The van der Waals surface area contributed by atoms with Crippen molar-refractivity contribution in [2.75, 3.05) is 26.7 Å². The van der Waals surface area contributed by atoms with E-state index in [4.69, 9.17) is 4.74 Å². The molecule has 0 saturated carbocycles. The highest BCUT2D eigenvalue weighted by molar-refractivity contribution is 5.79. The Labute approximate surface area is 168 Å². The van der Waals surface area contributed by atoms with Gasteiger partial charge in [0.05, 0.1) is 13.7 Å². The number of hydrogen-bond donors (Lipinski definition) is 2. The molecule has 6 heteroatoms. The highest BCUT2D eigenvalue weighted by Gasteiger charge is 2.11. The van der Waals surface area contributed by atoms with Crippen LogP contribution in [0.4, 0.5) is 0 Å². The average Bonchev–Trinajstić information content (AvgIpc) is 3.24. The normalized spacial score (nSPS) is 14.9. The summed E-state index contributed by atoms with van der Waals surface area (Å²) < 4.78 is 5.17. The topological polar surface area (TPSA) is 61.8 Å². The third kappa shape index (κ3) is 6.23. The molecule has 2 heterocycles. The van der Waals surface area contributed by atoms with Gasteiger partial charge in [-0.1, -0.05) is 24.3 Å². The first-order valence-corrected chi connectivity index (χ1v) is 10.1. The van der Waals surface area contributed by atoms with Crippen molar-refractivity contribution >= 4 is 5.96 Å². The average molecular weight is 382 g/mol. The fraction of sp³-hybridized carbons (Fsp3) is 0.455. The Morgan fingerprint density at radius 3 is 2.54 bits per heavy atom. The molecule has 0 atom stereocenters. The minimum Gasteiger partial charge on any atom is -0.481 e. The van der Waals surface area contributed by atoms with Gasteiger partial charge in [-0.25, -0.2) is 9.98 Å². The molecule has 0 amide bonds. The Morgan fingerprint density at radius 1 is 1.07 bits per heavy atom. The maximum absolute atomic E-state index is 5.17. The van der Waals surface area contributed by atoms with Crippen molar-refractivity contribution in [1.82, 2.24) is 20.5 Å². The van der Waals surface area contributed by atoms with Crippen LogP contribution in [0.25, 0.3) is 0 Å². The summed E-state index contributed by atoms with van der Waals surface area (Å²) in [6, 6.07) is 12.7. The Morgan fingerprint density at radius 2 is 1.82 bits per heavy atom. The van der Waals surface area contributed by atoms with E-state index >= 15 is 0 Å². The lowest BCUT2D eigenvalue weighted by atomic mass is 10.1. The van der Waals surface area contributed by atoms with E-state index in [0.717, 1.165) is 31.2 Å². The standard InChI is InChI=1S/C22H31N5O/c1-3-23-22(26-16-20-10-11-24-21(14-20)28-2)25-15-18-6-8-19(9-7-18)17-27-12-4-5-13-27/h6-11,14H,3-5,12-13,15-17H2,1-2H3,(H2,23,25,26). The van der Waals surface area contributed by atoms with Gasteiger partial charge in [-0.15, -0.1) is 0 Å². The second-order valence-electron chi connectivity index (χ2n) is 7.05. The van der Waals surface area contributed by atoms with Crippen LogP contribution < -0.4 is 15.4 Å². The zero-order valence-electron chi connectivity index (χ0n) is 16.9. The van der Waals surface area contributed by atoms with Gasteiger partial charge in [0.2, 0.25) is 5.88 Å². The first kappa shape index (κ1) is 20.1. The van der Waals surface area contributed by atoms with Crippen LogP contribution in [-0.4, -0.2) is 42.6 Å². The lowest BCUT2D eigenvalue weighted by Crippen LogP contribution is -2.36. The van der Waals surface area contributed by atoms with E-state index in [1.54, 1.807) is 13.3 Å². The van der Waals surface area contributed by atoms with Crippen LogP contribution in [-0.2, 0) is 19.6 Å². The Bertz CT molecular complexity index is 754. The predicted octanol–water partition coefficient (Wildman–Crippen LogP) is 2.94. The molecule has 1 aromatic carbocycles. The van der Waals surface area contributed by atoms with Gasteiger partial charge in [-0.2, -0.15) is 0 Å². The number of rotatable bonds is 8. The first-order chi connectivity index (χ1) is 13.8. The van der Waals surface area contributed by atoms with Gasteiger partial charge in [-0.05, 0) is 55.6 Å². The van der Waals surface area contributed by atoms with Crippen LogP contribution in [0.5, 0.6) is 5.88 Å². The molecule has 2 aromatic rings. The molecule has 1 aliphatic heterocycles. The van der Waals surface area contributed by atoms with Crippen LogP contribution in [0, 0.1) is 0 Å². The zero-order chi connectivity index (χ0) is 19.6. The van der Waals surface area contributed by atoms with Crippen LogP contribution in [0.1, 0.15) is 36.5 Å². The summed E-state index contributed by atoms with van der Waals surface area (Å²) in [6.45, 7) is 7.73. The molecule has 28 heavy (non-hydrogen) atoms. The summed E-state index contributed by atoms with van der Waals surface area (Å²) in [4.78, 5) is 11.3. The van der Waals surface area contributed by atoms with Crippen molar-refractivity contribution in [1.29, 1.82) is 0 Å². The maximum Gasteiger partial charge on any atom is 0.213 e. The van der Waals surface area contributed by atoms with Gasteiger partial charge in [0.25, 0.3) is 0 Å². The van der Waals surface area contributed by atoms with Crippen molar-refractivity contribution in [3.05, 3.63) is 59.3 Å². The molecule has 3 rings (SSSR count). The molecule has 6 nitrogen and oxygen atoms in total. The number of methoxy groups -OCH3 is 1. The Hall–Kier alpha value is -2.60. The van der Waals surface area contributed by atoms with Crippen molar-refractivity contribution in [2.45, 2.75) is 39.4 Å². The molecule has 150 valence electrons. The summed E-state index contributed by atoms with van der Waals surface area (Å²) in [6.07, 6.45) is 4.41. The minimum absolute atomic E-state index is 0.572. The van der Waals surface area contributed by atoms with Crippen molar-refractivity contribution < 1.29 is 4.74 Å². The minimum atomic E-state index is 0.572. The van der Waals surface area contributed by atoms with Crippen molar-refractivity contribution in [2.24, 2.45) is 4.99 Å². The van der Waals surface area contributed by atoms with Gasteiger partial charge >= 0.3 is 0 Å². The zero-order valence-corrected chi connectivity index (χ0v) is 16.9. The molecule has 1 fully saturated rings. The Balaban J connectivity index is 1.53. The van der Waals surface area contributed by atoms with Crippen molar-refractivity contribution in [3.63, 3.8) is 0 Å². The van der Waals surface area contributed by atoms with Crippen LogP contribution >= 0.6 is 0 Å². The van der Waals surface area contributed by atoms with E-state index in [2.05, 4.69) is 56.7 Å². The highest BCUT2D eigenvalue weighted by atomic mass is 16.5. The van der Waals surface area contributed by atoms with E-state index in [0.29, 0.717) is 12.4 Å². The third-order valence-corrected chi connectivity index (χ3v) is 4.86. The second-order valence-corrected chi connectivity index (χ2v) is 7.05. The summed E-state index contributed by atoms with van der Waals surface area (Å²) in [5, 5.41) is 6.71. The molecule has 1 aromatic heterocycles. The maximum atomic E-state index is 5.17. The molecule has 2 N–H and O–H groups in total. The lowest BCUT2D eigenvalue weighted by molar-refractivity contribution is 0.331. The molecule has 0 spiro atoms. The third-order valence-electron chi connectivity index (χ3n) is 4.86. The number of likely N-dealkylation sites (tertiary alicyclic amines) is 1. The number of hydrogen-bond acceptors (Lipinski definition) is 4. The molecule has 0 radical (unpaired) electrons. The SMILES string of the molecule is CCNC(=NCc1ccnc(OC)c1)NCc1ccc(CN2CCCC2)cc1. The largest absolute Gasteiger partial charge is 0.481 e. The molecule has 0 bridgehead atoms. The molecule has 1 saturated heterocycles. The lowest BCUT2D eigenvalue weighted by Gasteiger charge is -2.15. The van der Waals surface area contributed by atoms with Crippen LogP contribution in [0.15, 0.2) is 47.6 Å². The molecule has 0 aliphatic carbocycles. The van der Waals surface area contributed by atoms with Crippen LogP contribution in [0.3, 0.4) is 0 Å². The van der Waals surface area contributed by atoms with E-state index < -0.39 is 0 Å². The van der Waals surface area contributed by atoms with E-state index in [-0.39, 0.29) is 0 Å². The quantitative estimate of drug-likeness (QED) is 0.544. The van der Waals surface area contributed by atoms with Gasteiger partial charge in [0.15, 0.2) is 5.96 Å². The first-order valence-electron chi connectivity index (χ1n) is 10.1. The summed E-state index contributed by atoms with van der Waals surface area (Å²) in [5.41, 5.74) is 3.70. The number of nitrogens with zero attached hydrogens (tertiary/aromatic N) is 3. The van der Waals surface area contributed by atoms with Gasteiger partial charge in [0.1, 0.15) is 0 Å². The van der Waals surface area contributed by atoms with E-state index in [9.17, 15) is 0 Å². The highest BCUT2D eigenvalue weighted by Crippen LogP contribution is 2.13. The number of aliphatic imine (C=N–C) groups is 1. The van der Waals surface area contributed by atoms with Gasteiger partial charge in [0, 0.05) is 31.9 Å². The summed E-state index contributed by atoms with van der Waals surface area (Å²) >= 11 is 0. The fourth-order valence-corrected chi connectivity index (χ4v) is 3.32. The predicted molar refractivity (Wildman–Crippen MR) is 113 cm³/mol. The Kier molecular flexibility index (Phi) is 7.67. The molecular formula is C22H31N5O. The monoisotopic (exact) mass is 381 g/mol. The summed E-state index contributed by atoms with van der Waals surface area (Å²) in [5.74, 6) is 1.42. The number of benzene rings is 1. The molecule has 1 aliphatic rings. The van der Waals surface area contributed by atoms with E-state index in [1.165, 1.54) is 37.1 Å². The number of ether oxygens (including phenoxy) is 1. The number of aromatic nitrogens is 1. The van der Waals surface area contributed by atoms with Gasteiger partial charge in [-0.3, -0.25) is 4.90 Å². The second kappa shape index (κ2) is 10.7. The van der Waals surface area contributed by atoms with E-state index in [1.807, 2.05) is 12.1 Å². The number of nitrogens with one attached hydrogen (secondary N) is 2. The fourth-order valence-electron chi connectivity index (χ4n) is 3.32. The van der Waals surface area contributed by atoms with Crippen molar-refractivity contribution in [3.8, 4) is 5.88 Å². The molecular weight excluding hydrogens is 350 g/mol. The molecule has 0 unspecified atom stereocenters. The van der Waals surface area contributed by atoms with Crippen LogP contribution in [0.2, 0.25) is 0 Å². The number of guanidine groups is 1. The number of pyridine rings is 1. The summed E-state index contributed by atoms with van der Waals surface area (Å²) in [7, 11) is 1.62. The smallest absolute Gasteiger partial charge is 0.213 e.